The van der Waals surface area contributed by atoms with E-state index in [1.165, 1.54) is 6.08 Å². The lowest BCUT2D eigenvalue weighted by molar-refractivity contribution is 0.600. The molecule has 0 saturated heterocycles. The maximum absolute atomic E-state index is 12.7. The van der Waals surface area contributed by atoms with Crippen LogP contribution in [0.3, 0.4) is 0 Å². The summed E-state index contributed by atoms with van der Waals surface area (Å²) in [6, 6.07) is 23.0. The van der Waals surface area contributed by atoms with Crippen LogP contribution >= 0.6 is 34.8 Å². The molecule has 0 spiro atoms. The lowest BCUT2D eigenvalue weighted by atomic mass is 10.00. The fourth-order valence-corrected chi connectivity index (χ4v) is 4.59. The Bertz CT molecular complexity index is 1290. The molecule has 4 aromatic rings. The number of aromatic nitrogens is 1. The van der Waals surface area contributed by atoms with E-state index in [9.17, 15) is 8.42 Å². The van der Waals surface area contributed by atoms with Gasteiger partial charge in [-0.25, -0.2) is 13.4 Å². The molecule has 0 bridgehead atoms. The number of benzene rings is 3. The molecule has 0 radical (unpaired) electrons. The Hall–Kier alpha value is -2.11. The van der Waals surface area contributed by atoms with Crippen molar-refractivity contribution in [3.05, 3.63) is 85.5 Å². The number of rotatable bonds is 4. The monoisotopic (exact) mass is 477 g/mol. The molecule has 0 aliphatic carbocycles. The van der Waals surface area contributed by atoms with Crippen LogP contribution in [0.2, 0.25) is 0 Å². The van der Waals surface area contributed by atoms with Gasteiger partial charge in [0.05, 0.1) is 21.9 Å². The van der Waals surface area contributed by atoms with Crippen molar-refractivity contribution < 1.29 is 8.42 Å². The van der Waals surface area contributed by atoms with Gasteiger partial charge in [-0.1, -0.05) is 102 Å². The molecule has 0 aliphatic rings. The summed E-state index contributed by atoms with van der Waals surface area (Å²) in [6.07, 6.45) is 1.42. The van der Waals surface area contributed by atoms with Gasteiger partial charge in [0.1, 0.15) is 0 Å². The largest absolute Gasteiger partial charge is 0.247 e. The molecule has 4 rings (SSSR count). The molecule has 1 aromatic heterocycles. The molecule has 1 heterocycles. The van der Waals surface area contributed by atoms with Crippen LogP contribution in [0, 0.1) is 0 Å². The van der Waals surface area contributed by atoms with Crippen molar-refractivity contribution >= 4 is 66.3 Å². The Balaban J connectivity index is 0.000000589. The average Bonchev–Trinajstić information content (AvgIpc) is 2.73. The summed E-state index contributed by atoms with van der Waals surface area (Å²) in [7, 11) is -3.46. The predicted molar refractivity (Wildman–Crippen MR) is 128 cm³/mol. The molecular formula is C23H18Cl3NO2S. The number of halogens is 3. The van der Waals surface area contributed by atoms with E-state index in [1.807, 2.05) is 60.7 Å². The second-order valence-corrected chi connectivity index (χ2v) is 10.3. The Morgan fingerprint density at radius 3 is 2.10 bits per heavy atom. The number of hydrogen-bond donors (Lipinski definition) is 0. The summed E-state index contributed by atoms with van der Waals surface area (Å²) in [4.78, 5) is 5.12. The summed E-state index contributed by atoms with van der Waals surface area (Å²) >= 11 is 14.4. The minimum absolute atomic E-state index is 0.0964. The Labute approximate surface area is 190 Å². The summed E-state index contributed by atoms with van der Waals surface area (Å²) in [6.45, 7) is 3.57. The Kier molecular flexibility index (Phi) is 7.37. The quantitative estimate of drug-likeness (QED) is 0.180. The van der Waals surface area contributed by atoms with Gasteiger partial charge in [0.2, 0.25) is 0 Å². The van der Waals surface area contributed by atoms with E-state index in [-0.39, 0.29) is 5.75 Å². The van der Waals surface area contributed by atoms with E-state index in [2.05, 4.69) is 6.58 Å². The van der Waals surface area contributed by atoms with E-state index in [1.54, 1.807) is 12.1 Å². The maximum atomic E-state index is 12.7. The third-order valence-electron chi connectivity index (χ3n) is 4.41. The molecule has 3 nitrogen and oxygen atoms in total. The second-order valence-electron chi connectivity index (χ2n) is 6.34. The number of sulfone groups is 1. The number of nitrogens with zero attached hydrogens (tertiary/aromatic N) is 1. The van der Waals surface area contributed by atoms with Gasteiger partial charge >= 0.3 is 0 Å². The van der Waals surface area contributed by atoms with Gasteiger partial charge in [0.15, 0.2) is 14.1 Å². The molecule has 3 aromatic carbocycles. The van der Waals surface area contributed by atoms with Crippen molar-refractivity contribution in [2.75, 3.05) is 5.75 Å². The number of pyridine rings is 1. The van der Waals surface area contributed by atoms with Gasteiger partial charge in [-0.05, 0) is 17.5 Å². The third-order valence-corrected chi connectivity index (χ3v) is 6.09. The average molecular weight is 479 g/mol. The van der Waals surface area contributed by atoms with Crippen molar-refractivity contribution in [2.24, 2.45) is 0 Å². The summed E-state index contributed by atoms with van der Waals surface area (Å²) in [5, 5.41) is 2.50. The van der Waals surface area contributed by atoms with Crippen molar-refractivity contribution in [1.29, 1.82) is 0 Å². The van der Waals surface area contributed by atoms with E-state index in [0.717, 1.165) is 22.0 Å². The predicted octanol–water partition coefficient (Wildman–Crippen LogP) is 7.00. The molecule has 0 fully saturated rings. The van der Waals surface area contributed by atoms with Crippen LogP contribution in [0.4, 0.5) is 0 Å². The van der Waals surface area contributed by atoms with Crippen LogP contribution in [-0.4, -0.2) is 23.5 Å². The fraction of sp³-hybridized carbons (Fsp3) is 0.0870. The highest BCUT2D eigenvalue weighted by atomic mass is 35.6. The molecule has 30 heavy (non-hydrogen) atoms. The molecule has 0 unspecified atom stereocenters. The third kappa shape index (κ3) is 4.96. The van der Waals surface area contributed by atoms with E-state index >= 15 is 0 Å². The zero-order chi connectivity index (χ0) is 21.7. The molecule has 0 saturated carbocycles. The highest BCUT2D eigenvalue weighted by Gasteiger charge is 2.19. The van der Waals surface area contributed by atoms with Crippen molar-refractivity contribution in [3.63, 3.8) is 0 Å². The van der Waals surface area contributed by atoms with Crippen LogP contribution in [0.5, 0.6) is 0 Å². The van der Waals surface area contributed by atoms with E-state index in [4.69, 9.17) is 39.8 Å². The van der Waals surface area contributed by atoms with Gasteiger partial charge in [-0.15, -0.1) is 6.58 Å². The summed E-state index contributed by atoms with van der Waals surface area (Å²) < 4.78 is 24.7. The van der Waals surface area contributed by atoms with Gasteiger partial charge in [0.25, 0.3) is 0 Å². The first-order valence-corrected chi connectivity index (χ1v) is 11.9. The second kappa shape index (κ2) is 9.80. The van der Waals surface area contributed by atoms with Crippen LogP contribution in [0.25, 0.3) is 32.9 Å². The summed E-state index contributed by atoms with van der Waals surface area (Å²) in [5.41, 5.74) is 2.53. The minimum Gasteiger partial charge on any atom is -0.247 e. The minimum atomic E-state index is -3.46. The van der Waals surface area contributed by atoms with Crippen LogP contribution in [0.15, 0.2) is 90.3 Å². The smallest absolute Gasteiger partial charge is 0.182 e. The fourth-order valence-electron chi connectivity index (χ4n) is 3.29. The first kappa shape index (κ1) is 22.6. The molecular weight excluding hydrogens is 461 g/mol. The molecule has 154 valence electrons. The molecule has 0 aliphatic heterocycles. The lowest BCUT2D eigenvalue weighted by Gasteiger charge is -2.13. The van der Waals surface area contributed by atoms with Gasteiger partial charge in [-0.3, -0.25) is 0 Å². The Morgan fingerprint density at radius 2 is 1.47 bits per heavy atom. The number of alkyl halides is 3. The number of fused-ring (bicyclic) bond motifs is 3. The van der Waals surface area contributed by atoms with Crippen molar-refractivity contribution in [1.82, 2.24) is 4.98 Å². The maximum Gasteiger partial charge on any atom is 0.182 e. The summed E-state index contributed by atoms with van der Waals surface area (Å²) in [5.74, 6) is -0.0964. The highest BCUT2D eigenvalue weighted by Crippen LogP contribution is 2.35. The van der Waals surface area contributed by atoms with Crippen molar-refractivity contribution in [3.8, 4) is 11.3 Å². The highest BCUT2D eigenvalue weighted by molar-refractivity contribution is 7.91. The van der Waals surface area contributed by atoms with Crippen LogP contribution < -0.4 is 0 Å². The first-order chi connectivity index (χ1) is 14.3. The normalized spacial score (nSPS) is 11.3. The zero-order valence-electron chi connectivity index (χ0n) is 15.8. The molecule has 0 amide bonds. The van der Waals surface area contributed by atoms with Crippen LogP contribution in [0.1, 0.15) is 0 Å². The first-order valence-electron chi connectivity index (χ1n) is 8.98. The molecule has 7 heteroatoms. The zero-order valence-corrected chi connectivity index (χ0v) is 18.9. The molecule has 0 N–H and O–H groups in total. The lowest BCUT2D eigenvalue weighted by Crippen LogP contribution is -2.06. The van der Waals surface area contributed by atoms with Gasteiger partial charge in [-0.2, -0.15) is 0 Å². The van der Waals surface area contributed by atoms with Crippen molar-refractivity contribution in [2.45, 2.75) is 9.19 Å². The van der Waals surface area contributed by atoms with Gasteiger partial charge in [0, 0.05) is 16.3 Å². The topological polar surface area (TPSA) is 47.0 Å². The van der Waals surface area contributed by atoms with E-state index in [0.29, 0.717) is 15.8 Å². The standard InChI is InChI=1S/C22H17NO2S.CHCl3/c1-2-15-26(24,25)20-14-8-13-19-21(20)17-11-6-7-12-18(17)22(23-19)16-9-4-3-5-10-16;2-1(3)4/h2-14H,1,15H2;1H. The van der Waals surface area contributed by atoms with E-state index < -0.39 is 14.1 Å². The van der Waals surface area contributed by atoms with Crippen LogP contribution in [-0.2, 0) is 9.84 Å². The molecule has 0 atom stereocenters. The Morgan fingerprint density at radius 1 is 0.867 bits per heavy atom. The SMILES string of the molecule is C=CCS(=O)(=O)c1cccc2nc(-c3ccccc3)c3ccccc3c12.ClC(Cl)Cl. The van der Waals surface area contributed by atoms with Gasteiger partial charge < -0.3 is 0 Å². The number of hydrogen-bond acceptors (Lipinski definition) is 3.